The van der Waals surface area contributed by atoms with Crippen LogP contribution in [0.15, 0.2) is 36.5 Å². The maximum absolute atomic E-state index is 12.1. The second-order valence-corrected chi connectivity index (χ2v) is 5.75. The molecule has 0 radical (unpaired) electrons. The first-order valence-corrected chi connectivity index (χ1v) is 7.43. The molecule has 0 unspecified atom stereocenters. The van der Waals surface area contributed by atoms with Gasteiger partial charge in [0, 0.05) is 24.6 Å². The summed E-state index contributed by atoms with van der Waals surface area (Å²) in [5, 5.41) is 3.35. The predicted molar refractivity (Wildman–Crippen MR) is 84.4 cm³/mol. The predicted octanol–water partition coefficient (Wildman–Crippen LogP) is 2.81. The third-order valence-electron chi connectivity index (χ3n) is 4.27. The van der Waals surface area contributed by atoms with Crippen molar-refractivity contribution in [3.05, 3.63) is 47.7 Å². The molecule has 2 aliphatic rings. The number of amides is 1. The van der Waals surface area contributed by atoms with Gasteiger partial charge < -0.3 is 15.0 Å². The third-order valence-corrected chi connectivity index (χ3v) is 4.27. The number of hydrogen-bond donors (Lipinski definition) is 1. The van der Waals surface area contributed by atoms with Crippen LogP contribution in [-0.4, -0.2) is 24.1 Å². The first kappa shape index (κ1) is 13.3. The Bertz CT molecular complexity index is 740. The van der Waals surface area contributed by atoms with Gasteiger partial charge in [-0.2, -0.15) is 0 Å². The van der Waals surface area contributed by atoms with Gasteiger partial charge in [-0.1, -0.05) is 12.1 Å². The largest absolute Gasteiger partial charge is 0.380 e. The molecule has 2 aromatic rings. The number of nitrogens with zero attached hydrogens (tertiary/aromatic N) is 2. The van der Waals surface area contributed by atoms with Crippen molar-refractivity contribution in [2.24, 2.45) is 0 Å². The molecule has 5 nitrogen and oxygen atoms in total. The minimum atomic E-state index is 0.0294. The molecule has 0 atom stereocenters. The number of pyridine rings is 1. The SMILES string of the molecule is CC(=O)N1Cc2cccnc2Nc2ccc(C3COC3)cc21. The lowest BCUT2D eigenvalue weighted by Crippen LogP contribution is -2.28. The van der Waals surface area contributed by atoms with E-state index in [4.69, 9.17) is 4.74 Å². The zero-order chi connectivity index (χ0) is 15.1. The minimum Gasteiger partial charge on any atom is -0.380 e. The fourth-order valence-corrected chi connectivity index (χ4v) is 2.90. The zero-order valence-corrected chi connectivity index (χ0v) is 12.4. The summed E-state index contributed by atoms with van der Waals surface area (Å²) >= 11 is 0. The Labute approximate surface area is 128 Å². The third kappa shape index (κ3) is 2.14. The fraction of sp³-hybridized carbons (Fsp3) is 0.294. The smallest absolute Gasteiger partial charge is 0.224 e. The summed E-state index contributed by atoms with van der Waals surface area (Å²) in [6.07, 6.45) is 1.76. The summed E-state index contributed by atoms with van der Waals surface area (Å²) in [5.41, 5.74) is 4.06. The maximum atomic E-state index is 12.1. The van der Waals surface area contributed by atoms with E-state index < -0.39 is 0 Å². The molecule has 1 aromatic carbocycles. The topological polar surface area (TPSA) is 54.5 Å². The van der Waals surface area contributed by atoms with Crippen molar-refractivity contribution >= 4 is 23.1 Å². The molecule has 1 amide bonds. The van der Waals surface area contributed by atoms with Crippen molar-refractivity contribution < 1.29 is 9.53 Å². The van der Waals surface area contributed by atoms with Gasteiger partial charge in [0.25, 0.3) is 0 Å². The molecule has 2 aliphatic heterocycles. The van der Waals surface area contributed by atoms with Crippen LogP contribution >= 0.6 is 0 Å². The molecule has 0 bridgehead atoms. The molecule has 5 heteroatoms. The quantitative estimate of drug-likeness (QED) is 0.879. The zero-order valence-electron chi connectivity index (χ0n) is 12.4. The van der Waals surface area contributed by atoms with Crippen LogP contribution in [0.4, 0.5) is 17.2 Å². The van der Waals surface area contributed by atoms with Crippen LogP contribution in [0.5, 0.6) is 0 Å². The molecule has 22 heavy (non-hydrogen) atoms. The van der Waals surface area contributed by atoms with Crippen LogP contribution in [0.1, 0.15) is 24.0 Å². The van der Waals surface area contributed by atoms with E-state index in [0.29, 0.717) is 12.5 Å². The second-order valence-electron chi connectivity index (χ2n) is 5.75. The number of anilines is 3. The van der Waals surface area contributed by atoms with Crippen molar-refractivity contribution in [2.45, 2.75) is 19.4 Å². The number of hydrogen-bond acceptors (Lipinski definition) is 4. The summed E-state index contributed by atoms with van der Waals surface area (Å²) in [4.78, 5) is 18.3. The van der Waals surface area contributed by atoms with Crippen LogP contribution in [0.25, 0.3) is 0 Å². The van der Waals surface area contributed by atoms with Crippen LogP contribution in [0.2, 0.25) is 0 Å². The van der Waals surface area contributed by atoms with Gasteiger partial charge in [0.1, 0.15) is 5.82 Å². The molecule has 112 valence electrons. The van der Waals surface area contributed by atoms with Gasteiger partial charge >= 0.3 is 0 Å². The molecule has 0 spiro atoms. The van der Waals surface area contributed by atoms with E-state index in [9.17, 15) is 4.79 Å². The number of carbonyl (C=O) groups excluding carboxylic acids is 1. The van der Waals surface area contributed by atoms with Gasteiger partial charge in [-0.15, -0.1) is 0 Å². The van der Waals surface area contributed by atoms with Crippen molar-refractivity contribution in [1.82, 2.24) is 4.98 Å². The van der Waals surface area contributed by atoms with Gasteiger partial charge in [0.2, 0.25) is 5.91 Å². The Morgan fingerprint density at radius 3 is 2.95 bits per heavy atom. The molecular weight excluding hydrogens is 278 g/mol. The summed E-state index contributed by atoms with van der Waals surface area (Å²) in [6.45, 7) is 3.65. The first-order chi connectivity index (χ1) is 10.7. The number of ether oxygens (including phenoxy) is 1. The van der Waals surface area contributed by atoms with Gasteiger partial charge in [0.05, 0.1) is 31.1 Å². The van der Waals surface area contributed by atoms with Crippen molar-refractivity contribution in [1.29, 1.82) is 0 Å². The monoisotopic (exact) mass is 295 g/mol. The Morgan fingerprint density at radius 2 is 2.23 bits per heavy atom. The summed E-state index contributed by atoms with van der Waals surface area (Å²) in [7, 11) is 0. The lowest BCUT2D eigenvalue weighted by molar-refractivity contribution is -0.116. The maximum Gasteiger partial charge on any atom is 0.224 e. The second kappa shape index (κ2) is 5.10. The van der Waals surface area contributed by atoms with Crippen LogP contribution in [0, 0.1) is 0 Å². The van der Waals surface area contributed by atoms with E-state index in [1.54, 1.807) is 18.0 Å². The molecule has 1 fully saturated rings. The molecule has 4 rings (SSSR count). The van der Waals surface area contributed by atoms with Crippen molar-refractivity contribution in [3.63, 3.8) is 0 Å². The minimum absolute atomic E-state index is 0.0294. The van der Waals surface area contributed by atoms with Gasteiger partial charge in [-0.3, -0.25) is 4.79 Å². The van der Waals surface area contributed by atoms with E-state index >= 15 is 0 Å². The highest BCUT2D eigenvalue weighted by Gasteiger charge is 2.26. The highest BCUT2D eigenvalue weighted by atomic mass is 16.5. The standard InChI is InChI=1S/C17H17N3O2/c1-11(21)20-8-13-3-2-6-18-17(13)19-15-5-4-12(7-16(15)20)14-9-22-10-14/h2-7,14H,8-10H2,1H3,(H,18,19). The number of aromatic nitrogens is 1. The molecule has 0 aliphatic carbocycles. The molecule has 1 aromatic heterocycles. The molecule has 0 saturated carbocycles. The van der Waals surface area contributed by atoms with Crippen LogP contribution in [-0.2, 0) is 16.1 Å². The Kier molecular flexibility index (Phi) is 3.08. The molecular formula is C17H17N3O2. The molecule has 1 N–H and O–H groups in total. The van der Waals surface area contributed by atoms with E-state index in [1.807, 2.05) is 18.2 Å². The average molecular weight is 295 g/mol. The Balaban J connectivity index is 1.81. The van der Waals surface area contributed by atoms with E-state index in [1.165, 1.54) is 5.56 Å². The van der Waals surface area contributed by atoms with Crippen molar-refractivity contribution in [2.75, 3.05) is 23.4 Å². The Hall–Kier alpha value is -2.40. The lowest BCUT2D eigenvalue weighted by atomic mass is 9.96. The Morgan fingerprint density at radius 1 is 1.36 bits per heavy atom. The number of rotatable bonds is 1. The number of benzene rings is 1. The molecule has 1 saturated heterocycles. The van der Waals surface area contributed by atoms with E-state index in [-0.39, 0.29) is 5.91 Å². The highest BCUT2D eigenvalue weighted by Crippen LogP contribution is 2.37. The van der Waals surface area contributed by atoms with E-state index in [0.717, 1.165) is 36.0 Å². The fourth-order valence-electron chi connectivity index (χ4n) is 2.90. The van der Waals surface area contributed by atoms with Gasteiger partial charge in [-0.25, -0.2) is 4.98 Å². The lowest BCUT2D eigenvalue weighted by Gasteiger charge is -2.28. The first-order valence-electron chi connectivity index (χ1n) is 7.43. The van der Waals surface area contributed by atoms with Gasteiger partial charge in [0.15, 0.2) is 0 Å². The summed E-state index contributed by atoms with van der Waals surface area (Å²) < 4.78 is 5.28. The van der Waals surface area contributed by atoms with E-state index in [2.05, 4.69) is 22.4 Å². The summed E-state index contributed by atoms with van der Waals surface area (Å²) in [5.74, 6) is 1.27. The molecule has 3 heterocycles. The highest BCUT2D eigenvalue weighted by molar-refractivity contribution is 5.97. The normalized spacial score (nSPS) is 16.9. The number of carbonyl (C=O) groups is 1. The number of nitrogens with one attached hydrogen (secondary N) is 1. The van der Waals surface area contributed by atoms with Crippen molar-refractivity contribution in [3.8, 4) is 0 Å². The summed E-state index contributed by atoms with van der Waals surface area (Å²) in [6, 6.07) is 10.1. The van der Waals surface area contributed by atoms with Crippen LogP contribution < -0.4 is 10.2 Å². The van der Waals surface area contributed by atoms with Crippen LogP contribution in [0.3, 0.4) is 0 Å². The average Bonchev–Trinajstić information content (AvgIpc) is 2.62. The number of fused-ring (bicyclic) bond motifs is 2. The van der Waals surface area contributed by atoms with Gasteiger partial charge in [-0.05, 0) is 23.8 Å².